The monoisotopic (exact) mass is 360 g/mol. The third kappa shape index (κ3) is 4.94. The van der Waals surface area contributed by atoms with E-state index in [1.165, 1.54) is 0 Å². The molecule has 2 N–H and O–H groups in total. The Bertz CT molecular complexity index is 610. The number of ether oxygens (including phenoxy) is 1. The van der Waals surface area contributed by atoms with Gasteiger partial charge in [0.25, 0.3) is 0 Å². The summed E-state index contributed by atoms with van der Waals surface area (Å²) in [5.74, 6) is -3.10. The van der Waals surface area contributed by atoms with Crippen molar-refractivity contribution in [3.63, 3.8) is 0 Å². The Hall–Kier alpha value is -2.14. The molecule has 0 heterocycles. The third-order valence-electron chi connectivity index (χ3n) is 5.20. The fourth-order valence-electron chi connectivity index (χ4n) is 3.73. The van der Waals surface area contributed by atoms with Crippen LogP contribution in [0, 0.1) is 17.8 Å². The first-order valence-electron chi connectivity index (χ1n) is 9.23. The summed E-state index contributed by atoms with van der Waals surface area (Å²) in [7, 11) is 0. The standard InChI is InChI=1S/C21H28O5/c1-3-9-16(14(2)22)19(15-10-5-4-6-11-15)26-21(25)18-13-8-7-12-17(18)20(23)24/h3-6,10-11,14,16-19,22H,1,7-9,12-13H2,2H3,(H,23,24). The summed E-state index contributed by atoms with van der Waals surface area (Å²) in [6.45, 7) is 5.40. The average molecular weight is 360 g/mol. The fourth-order valence-corrected chi connectivity index (χ4v) is 3.73. The van der Waals surface area contributed by atoms with Crippen LogP contribution in [-0.4, -0.2) is 28.3 Å². The van der Waals surface area contributed by atoms with Crippen molar-refractivity contribution in [1.29, 1.82) is 0 Å². The molecule has 1 aromatic carbocycles. The van der Waals surface area contributed by atoms with Crippen molar-refractivity contribution in [3.05, 3.63) is 48.6 Å². The molecule has 1 fully saturated rings. The predicted octanol–water partition coefficient (Wildman–Crippen LogP) is 3.74. The normalized spacial score (nSPS) is 23.5. The topological polar surface area (TPSA) is 83.8 Å². The lowest BCUT2D eigenvalue weighted by Gasteiger charge is -2.32. The van der Waals surface area contributed by atoms with Crippen molar-refractivity contribution < 1.29 is 24.5 Å². The number of carbonyl (C=O) groups excluding carboxylic acids is 1. The molecular formula is C21H28O5. The predicted molar refractivity (Wildman–Crippen MR) is 98.3 cm³/mol. The highest BCUT2D eigenvalue weighted by Gasteiger charge is 2.39. The van der Waals surface area contributed by atoms with Gasteiger partial charge in [-0.3, -0.25) is 9.59 Å². The van der Waals surface area contributed by atoms with Gasteiger partial charge in [0, 0.05) is 5.92 Å². The number of allylic oxidation sites excluding steroid dienone is 1. The molecular weight excluding hydrogens is 332 g/mol. The second-order valence-electron chi connectivity index (χ2n) is 7.03. The summed E-state index contributed by atoms with van der Waals surface area (Å²) in [5.41, 5.74) is 0.788. The van der Waals surface area contributed by atoms with Crippen LogP contribution in [0.25, 0.3) is 0 Å². The Morgan fingerprint density at radius 3 is 2.38 bits per heavy atom. The zero-order chi connectivity index (χ0) is 19.1. The molecule has 0 bridgehead atoms. The van der Waals surface area contributed by atoms with E-state index in [4.69, 9.17) is 4.74 Å². The zero-order valence-electron chi connectivity index (χ0n) is 15.2. The number of aliphatic hydroxyl groups excluding tert-OH is 1. The van der Waals surface area contributed by atoms with E-state index in [1.807, 2.05) is 30.3 Å². The number of carbonyl (C=O) groups is 2. The third-order valence-corrected chi connectivity index (χ3v) is 5.20. The van der Waals surface area contributed by atoms with Crippen LogP contribution in [0.15, 0.2) is 43.0 Å². The number of hydrogen-bond donors (Lipinski definition) is 2. The van der Waals surface area contributed by atoms with Gasteiger partial charge in [-0.25, -0.2) is 0 Å². The molecule has 5 unspecified atom stereocenters. The summed E-state index contributed by atoms with van der Waals surface area (Å²) < 4.78 is 5.82. The smallest absolute Gasteiger partial charge is 0.310 e. The first kappa shape index (κ1) is 20.2. The minimum atomic E-state index is -0.943. The van der Waals surface area contributed by atoms with Crippen LogP contribution in [-0.2, 0) is 14.3 Å². The molecule has 0 aliphatic heterocycles. The van der Waals surface area contributed by atoms with Gasteiger partial charge in [-0.05, 0) is 31.7 Å². The lowest BCUT2D eigenvalue weighted by atomic mass is 9.79. The number of aliphatic hydroxyl groups is 1. The minimum absolute atomic E-state index is 0.342. The van der Waals surface area contributed by atoms with E-state index in [0.717, 1.165) is 18.4 Å². The van der Waals surface area contributed by atoms with Gasteiger partial charge in [-0.15, -0.1) is 6.58 Å². The van der Waals surface area contributed by atoms with E-state index in [-0.39, 0.29) is 5.92 Å². The van der Waals surface area contributed by atoms with Gasteiger partial charge in [0.2, 0.25) is 0 Å². The number of hydrogen-bond acceptors (Lipinski definition) is 4. The summed E-state index contributed by atoms with van der Waals surface area (Å²) in [5, 5.41) is 19.6. The van der Waals surface area contributed by atoms with Crippen molar-refractivity contribution in [3.8, 4) is 0 Å². The van der Waals surface area contributed by atoms with Crippen LogP contribution in [0.2, 0.25) is 0 Å². The van der Waals surface area contributed by atoms with E-state index in [9.17, 15) is 19.8 Å². The first-order valence-corrected chi connectivity index (χ1v) is 9.23. The van der Waals surface area contributed by atoms with Gasteiger partial charge in [-0.1, -0.05) is 49.2 Å². The van der Waals surface area contributed by atoms with E-state index in [0.29, 0.717) is 19.3 Å². The Balaban J connectivity index is 2.26. The van der Waals surface area contributed by atoms with Gasteiger partial charge in [0.15, 0.2) is 0 Å². The molecule has 142 valence electrons. The fraction of sp³-hybridized carbons (Fsp3) is 0.524. The maximum absolute atomic E-state index is 12.8. The molecule has 5 nitrogen and oxygen atoms in total. The lowest BCUT2D eigenvalue weighted by molar-refractivity contribution is -0.168. The van der Waals surface area contributed by atoms with E-state index < -0.39 is 36.0 Å². The van der Waals surface area contributed by atoms with Crippen LogP contribution in [0.4, 0.5) is 0 Å². The molecule has 5 atom stereocenters. The number of aliphatic carboxylic acids is 1. The van der Waals surface area contributed by atoms with Crippen molar-refractivity contribution in [2.45, 2.75) is 51.2 Å². The van der Waals surface area contributed by atoms with Crippen molar-refractivity contribution >= 4 is 11.9 Å². The highest BCUT2D eigenvalue weighted by Crippen LogP contribution is 2.36. The van der Waals surface area contributed by atoms with Crippen LogP contribution in [0.1, 0.15) is 50.7 Å². The molecule has 0 aromatic heterocycles. The van der Waals surface area contributed by atoms with Crippen LogP contribution < -0.4 is 0 Å². The van der Waals surface area contributed by atoms with Crippen LogP contribution in [0.3, 0.4) is 0 Å². The molecule has 0 saturated heterocycles. The number of benzene rings is 1. The summed E-state index contributed by atoms with van der Waals surface area (Å²) >= 11 is 0. The highest BCUT2D eigenvalue weighted by molar-refractivity contribution is 5.81. The molecule has 0 amide bonds. The van der Waals surface area contributed by atoms with Gasteiger partial charge >= 0.3 is 11.9 Å². The lowest BCUT2D eigenvalue weighted by Crippen LogP contribution is -2.36. The molecule has 0 spiro atoms. The van der Waals surface area contributed by atoms with Gasteiger partial charge in [-0.2, -0.15) is 0 Å². The maximum atomic E-state index is 12.8. The minimum Gasteiger partial charge on any atom is -0.481 e. The Kier molecular flexibility index (Phi) is 7.39. The zero-order valence-corrected chi connectivity index (χ0v) is 15.2. The van der Waals surface area contributed by atoms with E-state index in [2.05, 4.69) is 6.58 Å². The number of esters is 1. The molecule has 26 heavy (non-hydrogen) atoms. The molecule has 1 saturated carbocycles. The molecule has 2 rings (SSSR count). The van der Waals surface area contributed by atoms with Crippen LogP contribution >= 0.6 is 0 Å². The molecule has 1 aliphatic carbocycles. The van der Waals surface area contributed by atoms with Crippen molar-refractivity contribution in [2.24, 2.45) is 17.8 Å². The molecule has 5 heteroatoms. The Labute approximate surface area is 154 Å². The van der Waals surface area contributed by atoms with Crippen molar-refractivity contribution in [2.75, 3.05) is 0 Å². The highest BCUT2D eigenvalue weighted by atomic mass is 16.5. The number of carboxylic acid groups (broad SMARTS) is 1. The SMILES string of the molecule is C=CCC(C(C)O)C(OC(=O)C1CCCCC1C(=O)O)c1ccccc1. The average Bonchev–Trinajstić information content (AvgIpc) is 2.64. The Morgan fingerprint density at radius 2 is 1.85 bits per heavy atom. The summed E-state index contributed by atoms with van der Waals surface area (Å²) in [6, 6.07) is 9.28. The molecule has 0 radical (unpaired) electrons. The largest absolute Gasteiger partial charge is 0.481 e. The van der Waals surface area contributed by atoms with Gasteiger partial charge in [0.05, 0.1) is 17.9 Å². The second-order valence-corrected chi connectivity index (χ2v) is 7.03. The van der Waals surface area contributed by atoms with Crippen molar-refractivity contribution in [1.82, 2.24) is 0 Å². The number of rotatable bonds is 8. The first-order chi connectivity index (χ1) is 12.5. The number of carboxylic acids is 1. The maximum Gasteiger partial charge on any atom is 0.310 e. The van der Waals surface area contributed by atoms with Crippen LogP contribution in [0.5, 0.6) is 0 Å². The Morgan fingerprint density at radius 1 is 1.23 bits per heavy atom. The molecule has 1 aromatic rings. The van der Waals surface area contributed by atoms with E-state index >= 15 is 0 Å². The van der Waals surface area contributed by atoms with E-state index in [1.54, 1.807) is 13.0 Å². The molecule has 1 aliphatic rings. The quantitative estimate of drug-likeness (QED) is 0.545. The second kappa shape index (κ2) is 9.53. The van der Waals surface area contributed by atoms with Gasteiger partial charge < -0.3 is 14.9 Å². The summed E-state index contributed by atoms with van der Waals surface area (Å²) in [6.07, 6.45) is 3.50. The summed E-state index contributed by atoms with van der Waals surface area (Å²) in [4.78, 5) is 24.3. The van der Waals surface area contributed by atoms with Gasteiger partial charge in [0.1, 0.15) is 6.10 Å².